The van der Waals surface area contributed by atoms with Crippen molar-refractivity contribution in [2.45, 2.75) is 45.7 Å². The van der Waals surface area contributed by atoms with Gasteiger partial charge in [0.1, 0.15) is 6.04 Å². The van der Waals surface area contributed by atoms with Crippen molar-refractivity contribution in [3.63, 3.8) is 0 Å². The molecule has 1 aromatic carbocycles. The molecule has 0 bridgehead atoms. The minimum atomic E-state index is -1.02. The van der Waals surface area contributed by atoms with Gasteiger partial charge >= 0.3 is 12.0 Å². The highest BCUT2D eigenvalue weighted by Crippen LogP contribution is 2.14. The molecule has 0 radical (unpaired) electrons. The molecule has 0 saturated carbocycles. The zero-order chi connectivity index (χ0) is 15.1. The highest BCUT2D eigenvalue weighted by molar-refractivity contribution is 5.82. The summed E-state index contributed by atoms with van der Waals surface area (Å²) in [5.41, 5.74) is 2.23. The maximum absolute atomic E-state index is 11.6. The predicted octanol–water partition coefficient (Wildman–Crippen LogP) is 2.47. The highest BCUT2D eigenvalue weighted by atomic mass is 16.4. The Hall–Kier alpha value is -2.04. The van der Waals surface area contributed by atoms with E-state index in [-0.39, 0.29) is 0 Å². The van der Waals surface area contributed by atoms with Gasteiger partial charge in [0, 0.05) is 6.54 Å². The first-order chi connectivity index (χ1) is 9.43. The molecule has 0 aromatic heterocycles. The lowest BCUT2D eigenvalue weighted by molar-refractivity contribution is -0.139. The van der Waals surface area contributed by atoms with Crippen LogP contribution in [0.5, 0.6) is 0 Å². The van der Waals surface area contributed by atoms with E-state index in [4.69, 9.17) is 5.11 Å². The lowest BCUT2D eigenvalue weighted by Gasteiger charge is -2.13. The summed E-state index contributed by atoms with van der Waals surface area (Å²) in [5, 5.41) is 13.9. The molecule has 0 aliphatic heterocycles. The molecule has 0 spiro atoms. The molecule has 3 N–H and O–H groups in total. The Morgan fingerprint density at radius 3 is 2.25 bits per heavy atom. The van der Waals surface area contributed by atoms with Gasteiger partial charge in [-0.25, -0.2) is 9.59 Å². The molecular weight excluding hydrogens is 256 g/mol. The van der Waals surface area contributed by atoms with E-state index in [9.17, 15) is 9.59 Å². The Labute approximate surface area is 119 Å². The number of carbonyl (C=O) groups is 2. The van der Waals surface area contributed by atoms with Crippen LogP contribution in [0.15, 0.2) is 24.3 Å². The summed E-state index contributed by atoms with van der Waals surface area (Å²) in [4.78, 5) is 22.4. The number of aliphatic carboxylic acids is 1. The lowest BCUT2D eigenvalue weighted by Crippen LogP contribution is -2.45. The maximum atomic E-state index is 11.6. The molecule has 1 unspecified atom stereocenters. The maximum Gasteiger partial charge on any atom is 0.326 e. The molecule has 1 atom stereocenters. The molecule has 0 heterocycles. The van der Waals surface area contributed by atoms with Gasteiger partial charge in [-0.3, -0.25) is 0 Å². The van der Waals surface area contributed by atoms with Crippen LogP contribution in [0.3, 0.4) is 0 Å². The minimum Gasteiger partial charge on any atom is -0.480 e. The van der Waals surface area contributed by atoms with E-state index in [1.807, 2.05) is 24.3 Å². The number of amides is 2. The smallest absolute Gasteiger partial charge is 0.326 e. The number of carbonyl (C=O) groups excluding carboxylic acids is 1. The standard InChI is InChI=1S/C15H22N2O3/c1-4-13(14(18)19)17-15(20)16-9-11-5-7-12(8-6-11)10(2)3/h5-8,10,13H,4,9H2,1-3H3,(H,18,19)(H2,16,17,20). The molecule has 0 fully saturated rings. The van der Waals surface area contributed by atoms with Crippen LogP contribution in [-0.2, 0) is 11.3 Å². The largest absolute Gasteiger partial charge is 0.480 e. The van der Waals surface area contributed by atoms with Crippen molar-refractivity contribution in [2.24, 2.45) is 0 Å². The Balaban J connectivity index is 2.46. The molecule has 0 saturated heterocycles. The summed E-state index contributed by atoms with van der Waals surface area (Å²) in [6.07, 6.45) is 0.353. The predicted molar refractivity (Wildman–Crippen MR) is 77.6 cm³/mol. The van der Waals surface area contributed by atoms with Gasteiger partial charge in [-0.05, 0) is 23.5 Å². The van der Waals surface area contributed by atoms with Crippen LogP contribution in [-0.4, -0.2) is 23.1 Å². The summed E-state index contributed by atoms with van der Waals surface area (Å²) in [7, 11) is 0. The lowest BCUT2D eigenvalue weighted by atomic mass is 10.0. The molecule has 0 aliphatic carbocycles. The monoisotopic (exact) mass is 278 g/mol. The second kappa shape index (κ2) is 7.53. The van der Waals surface area contributed by atoms with E-state index in [1.165, 1.54) is 5.56 Å². The molecule has 1 aromatic rings. The Morgan fingerprint density at radius 2 is 1.80 bits per heavy atom. The Morgan fingerprint density at radius 1 is 1.20 bits per heavy atom. The van der Waals surface area contributed by atoms with Gasteiger partial charge < -0.3 is 15.7 Å². The summed E-state index contributed by atoms with van der Waals surface area (Å²) in [5.74, 6) is -0.551. The molecule has 110 valence electrons. The molecule has 20 heavy (non-hydrogen) atoms. The summed E-state index contributed by atoms with van der Waals surface area (Å²) < 4.78 is 0. The number of hydrogen-bond donors (Lipinski definition) is 3. The first kappa shape index (κ1) is 16.0. The third kappa shape index (κ3) is 4.91. The van der Waals surface area contributed by atoms with Gasteiger partial charge in [0.2, 0.25) is 0 Å². The van der Waals surface area contributed by atoms with Crippen LogP contribution in [0.4, 0.5) is 4.79 Å². The normalized spacial score (nSPS) is 12.0. The number of hydrogen-bond acceptors (Lipinski definition) is 2. The first-order valence-corrected chi connectivity index (χ1v) is 6.80. The Bertz CT molecular complexity index is 455. The third-order valence-corrected chi connectivity index (χ3v) is 3.11. The molecule has 1 rings (SSSR count). The fourth-order valence-electron chi connectivity index (χ4n) is 1.75. The number of carboxylic acid groups (broad SMARTS) is 1. The van der Waals surface area contributed by atoms with Gasteiger partial charge in [0.25, 0.3) is 0 Å². The van der Waals surface area contributed by atoms with E-state index in [1.54, 1.807) is 6.92 Å². The topological polar surface area (TPSA) is 78.4 Å². The van der Waals surface area contributed by atoms with Gasteiger partial charge in [0.15, 0.2) is 0 Å². The van der Waals surface area contributed by atoms with Crippen molar-refractivity contribution in [3.05, 3.63) is 35.4 Å². The second-order valence-corrected chi connectivity index (χ2v) is 5.02. The molecule has 0 aliphatic rings. The first-order valence-electron chi connectivity index (χ1n) is 6.80. The molecule has 2 amide bonds. The average molecular weight is 278 g/mol. The van der Waals surface area contributed by atoms with Crippen molar-refractivity contribution < 1.29 is 14.7 Å². The van der Waals surface area contributed by atoms with E-state index in [2.05, 4.69) is 24.5 Å². The third-order valence-electron chi connectivity index (χ3n) is 3.11. The van der Waals surface area contributed by atoms with Crippen molar-refractivity contribution in [1.29, 1.82) is 0 Å². The summed E-state index contributed by atoms with van der Waals surface area (Å²) >= 11 is 0. The van der Waals surface area contributed by atoms with Crippen LogP contribution in [0, 0.1) is 0 Å². The second-order valence-electron chi connectivity index (χ2n) is 5.02. The van der Waals surface area contributed by atoms with E-state index in [0.29, 0.717) is 18.9 Å². The number of carboxylic acids is 1. The highest BCUT2D eigenvalue weighted by Gasteiger charge is 2.16. The van der Waals surface area contributed by atoms with E-state index < -0.39 is 18.0 Å². The van der Waals surface area contributed by atoms with Gasteiger partial charge in [-0.15, -0.1) is 0 Å². The number of nitrogens with one attached hydrogen (secondary N) is 2. The van der Waals surface area contributed by atoms with Gasteiger partial charge in [-0.1, -0.05) is 45.0 Å². The van der Waals surface area contributed by atoms with Crippen molar-refractivity contribution in [3.8, 4) is 0 Å². The van der Waals surface area contributed by atoms with Crippen molar-refractivity contribution in [1.82, 2.24) is 10.6 Å². The molecular formula is C15H22N2O3. The van der Waals surface area contributed by atoms with Crippen molar-refractivity contribution >= 4 is 12.0 Å². The summed E-state index contributed by atoms with van der Waals surface area (Å²) in [6.45, 7) is 6.33. The Kier molecular flexibility index (Phi) is 6.03. The SMILES string of the molecule is CCC(NC(=O)NCc1ccc(C(C)C)cc1)C(=O)O. The number of benzene rings is 1. The number of urea groups is 1. The van der Waals surface area contributed by atoms with Crippen LogP contribution in [0.2, 0.25) is 0 Å². The van der Waals surface area contributed by atoms with Crippen molar-refractivity contribution in [2.75, 3.05) is 0 Å². The molecule has 5 heteroatoms. The zero-order valence-corrected chi connectivity index (χ0v) is 12.1. The number of rotatable bonds is 6. The van der Waals surface area contributed by atoms with Crippen LogP contribution in [0.1, 0.15) is 44.2 Å². The molecule has 5 nitrogen and oxygen atoms in total. The van der Waals surface area contributed by atoms with Crippen LogP contribution in [0.25, 0.3) is 0 Å². The van der Waals surface area contributed by atoms with Gasteiger partial charge in [0.05, 0.1) is 0 Å². The van der Waals surface area contributed by atoms with Gasteiger partial charge in [-0.2, -0.15) is 0 Å². The minimum absolute atomic E-state index is 0.353. The van der Waals surface area contributed by atoms with E-state index in [0.717, 1.165) is 5.56 Å². The quantitative estimate of drug-likeness (QED) is 0.748. The van der Waals surface area contributed by atoms with Crippen LogP contribution < -0.4 is 10.6 Å². The summed E-state index contributed by atoms with van der Waals surface area (Å²) in [6, 6.07) is 6.68. The van der Waals surface area contributed by atoms with Crippen LogP contribution >= 0.6 is 0 Å². The fourth-order valence-corrected chi connectivity index (χ4v) is 1.75. The fraction of sp³-hybridized carbons (Fsp3) is 0.467. The average Bonchev–Trinajstić information content (AvgIpc) is 2.42. The van der Waals surface area contributed by atoms with E-state index >= 15 is 0 Å². The zero-order valence-electron chi connectivity index (χ0n) is 12.1.